The van der Waals surface area contributed by atoms with Gasteiger partial charge in [-0.3, -0.25) is 0 Å². The third-order valence-electron chi connectivity index (χ3n) is 8.65. The summed E-state index contributed by atoms with van der Waals surface area (Å²) in [6.07, 6.45) is 11.0. The summed E-state index contributed by atoms with van der Waals surface area (Å²) in [6, 6.07) is 0. The Morgan fingerprint density at radius 1 is 0.882 bits per heavy atom. The SMILES string of the molecule is CC12CCCC(C)(C)C34C(CCC13)C2C41CC1. The van der Waals surface area contributed by atoms with E-state index in [1.54, 1.807) is 32.1 Å². The van der Waals surface area contributed by atoms with Gasteiger partial charge in [-0.1, -0.05) is 27.2 Å². The van der Waals surface area contributed by atoms with Gasteiger partial charge in [-0.25, -0.2) is 0 Å². The molecule has 5 atom stereocenters. The van der Waals surface area contributed by atoms with Crippen molar-refractivity contribution in [3.63, 3.8) is 0 Å². The van der Waals surface area contributed by atoms with Crippen LogP contribution < -0.4 is 0 Å². The molecule has 5 unspecified atom stereocenters. The van der Waals surface area contributed by atoms with Crippen molar-refractivity contribution in [2.75, 3.05) is 0 Å². The van der Waals surface area contributed by atoms with Crippen molar-refractivity contribution in [3.05, 3.63) is 0 Å². The lowest BCUT2D eigenvalue weighted by atomic mass is 9.40. The predicted octanol–water partition coefficient (Wildman–Crippen LogP) is 4.64. The van der Waals surface area contributed by atoms with Crippen LogP contribution in [-0.2, 0) is 0 Å². The Labute approximate surface area is 106 Å². The largest absolute Gasteiger partial charge is 0.0593 e. The third kappa shape index (κ3) is 0.640. The summed E-state index contributed by atoms with van der Waals surface area (Å²) >= 11 is 0. The molecule has 0 aromatic heterocycles. The van der Waals surface area contributed by atoms with E-state index in [2.05, 4.69) is 20.8 Å². The van der Waals surface area contributed by atoms with Crippen LogP contribution in [0.1, 0.15) is 65.7 Å². The minimum absolute atomic E-state index is 0.653. The second-order valence-electron chi connectivity index (χ2n) is 8.98. The number of hydrogen-bond acceptors (Lipinski definition) is 0. The van der Waals surface area contributed by atoms with E-state index >= 15 is 0 Å². The van der Waals surface area contributed by atoms with Gasteiger partial charge < -0.3 is 0 Å². The van der Waals surface area contributed by atoms with Crippen LogP contribution in [0, 0.1) is 39.4 Å². The molecule has 6 aliphatic carbocycles. The zero-order chi connectivity index (χ0) is 11.7. The summed E-state index contributed by atoms with van der Waals surface area (Å²) < 4.78 is 0. The van der Waals surface area contributed by atoms with E-state index in [-0.39, 0.29) is 0 Å². The summed E-state index contributed by atoms with van der Waals surface area (Å²) in [6.45, 7) is 7.99. The molecule has 0 nitrogen and oxygen atoms in total. The van der Waals surface area contributed by atoms with Crippen molar-refractivity contribution < 1.29 is 0 Å². The maximum Gasteiger partial charge on any atom is -0.0122 e. The highest BCUT2D eigenvalue weighted by atomic mass is 15.0. The lowest BCUT2D eigenvalue weighted by Crippen LogP contribution is -2.60. The molecule has 0 heteroatoms. The molecule has 6 aliphatic rings. The van der Waals surface area contributed by atoms with Crippen molar-refractivity contribution >= 4 is 0 Å². The Bertz CT molecular complexity index is 412. The molecule has 0 heterocycles. The maximum atomic E-state index is 2.70. The molecular weight excluding hydrogens is 204 g/mol. The van der Waals surface area contributed by atoms with Crippen LogP contribution in [-0.4, -0.2) is 0 Å². The van der Waals surface area contributed by atoms with Crippen LogP contribution in [0.4, 0.5) is 0 Å². The van der Waals surface area contributed by atoms with Crippen LogP contribution >= 0.6 is 0 Å². The van der Waals surface area contributed by atoms with Crippen LogP contribution in [0.2, 0.25) is 0 Å². The summed E-state index contributed by atoms with van der Waals surface area (Å²) in [5.41, 5.74) is 3.11. The van der Waals surface area contributed by atoms with Gasteiger partial charge in [-0.2, -0.15) is 0 Å². The molecule has 5 bridgehead atoms. The lowest BCUT2D eigenvalue weighted by Gasteiger charge is -2.64. The van der Waals surface area contributed by atoms with E-state index in [0.29, 0.717) is 5.41 Å². The highest BCUT2D eigenvalue weighted by molar-refractivity contribution is 5.40. The fourth-order valence-corrected chi connectivity index (χ4v) is 8.86. The molecular formula is C17H26. The van der Waals surface area contributed by atoms with Gasteiger partial charge in [0.25, 0.3) is 0 Å². The molecule has 6 fully saturated rings. The maximum absolute atomic E-state index is 2.70. The first-order chi connectivity index (χ1) is 8.01. The molecule has 0 N–H and O–H groups in total. The smallest absolute Gasteiger partial charge is 0.0122 e. The first kappa shape index (κ1) is 9.87. The van der Waals surface area contributed by atoms with E-state index < -0.39 is 0 Å². The first-order valence-electron chi connectivity index (χ1n) is 8.01. The van der Waals surface area contributed by atoms with Gasteiger partial charge >= 0.3 is 0 Å². The molecule has 6 saturated carbocycles. The molecule has 0 saturated heterocycles. The van der Waals surface area contributed by atoms with Crippen LogP contribution in [0.25, 0.3) is 0 Å². The van der Waals surface area contributed by atoms with Crippen LogP contribution in [0.5, 0.6) is 0 Å². The fourth-order valence-electron chi connectivity index (χ4n) is 8.86. The highest BCUT2D eigenvalue weighted by Gasteiger charge is 2.92. The average molecular weight is 230 g/mol. The quantitative estimate of drug-likeness (QED) is 0.569. The van der Waals surface area contributed by atoms with Crippen LogP contribution in [0.15, 0.2) is 0 Å². The standard InChI is InChI=1S/C17H26/c1-14(2)7-4-8-15(3)12-6-5-11-13(15)16(9-10-16)17(11,12)14/h11-13H,4-10H2,1-3H3. The van der Waals surface area contributed by atoms with E-state index in [1.165, 1.54) is 12.8 Å². The number of rotatable bonds is 0. The number of hydrogen-bond donors (Lipinski definition) is 0. The Kier molecular flexibility index (Phi) is 1.31. The van der Waals surface area contributed by atoms with Crippen molar-refractivity contribution in [2.45, 2.75) is 65.7 Å². The molecule has 2 spiro atoms. The van der Waals surface area contributed by atoms with Gasteiger partial charge in [-0.15, -0.1) is 0 Å². The fraction of sp³-hybridized carbons (Fsp3) is 1.00. The summed E-state index contributed by atoms with van der Waals surface area (Å²) in [7, 11) is 0. The Morgan fingerprint density at radius 3 is 2.35 bits per heavy atom. The molecule has 0 aromatic rings. The zero-order valence-electron chi connectivity index (χ0n) is 11.7. The minimum atomic E-state index is 0.653. The van der Waals surface area contributed by atoms with Crippen molar-refractivity contribution in [3.8, 4) is 0 Å². The summed E-state index contributed by atoms with van der Waals surface area (Å²) in [5.74, 6) is 3.42. The highest BCUT2D eigenvalue weighted by Crippen LogP contribution is 2.98. The van der Waals surface area contributed by atoms with Crippen molar-refractivity contribution in [1.29, 1.82) is 0 Å². The summed E-state index contributed by atoms with van der Waals surface area (Å²) in [4.78, 5) is 0. The molecule has 6 rings (SSSR count). The second-order valence-corrected chi connectivity index (χ2v) is 8.98. The van der Waals surface area contributed by atoms with Gasteiger partial charge in [0, 0.05) is 0 Å². The van der Waals surface area contributed by atoms with Crippen LogP contribution in [0.3, 0.4) is 0 Å². The van der Waals surface area contributed by atoms with E-state index in [9.17, 15) is 0 Å². The van der Waals surface area contributed by atoms with Gasteiger partial charge in [0.1, 0.15) is 0 Å². The van der Waals surface area contributed by atoms with E-state index in [4.69, 9.17) is 0 Å². The zero-order valence-corrected chi connectivity index (χ0v) is 11.7. The van der Waals surface area contributed by atoms with E-state index in [1.807, 2.05) is 0 Å². The topological polar surface area (TPSA) is 0 Å². The normalized spacial score (nSPS) is 63.4. The van der Waals surface area contributed by atoms with Gasteiger partial charge in [0.15, 0.2) is 0 Å². The summed E-state index contributed by atoms with van der Waals surface area (Å²) in [5, 5.41) is 0. The molecule has 0 aromatic carbocycles. The Hall–Kier alpha value is 0. The van der Waals surface area contributed by atoms with E-state index in [0.717, 1.165) is 34.0 Å². The van der Waals surface area contributed by atoms with Crippen molar-refractivity contribution in [2.24, 2.45) is 39.4 Å². The monoisotopic (exact) mass is 230 g/mol. The molecule has 17 heavy (non-hydrogen) atoms. The van der Waals surface area contributed by atoms with Gasteiger partial charge in [-0.05, 0) is 77.9 Å². The molecule has 0 amide bonds. The molecule has 0 aliphatic heterocycles. The Morgan fingerprint density at radius 2 is 1.65 bits per heavy atom. The molecule has 0 radical (unpaired) electrons. The minimum Gasteiger partial charge on any atom is -0.0593 e. The first-order valence-corrected chi connectivity index (χ1v) is 8.01. The second kappa shape index (κ2) is 2.25. The average Bonchev–Trinajstić information content (AvgIpc) is 2.90. The Balaban J connectivity index is 1.81. The van der Waals surface area contributed by atoms with Gasteiger partial charge in [0.2, 0.25) is 0 Å². The third-order valence-corrected chi connectivity index (χ3v) is 8.65. The molecule has 94 valence electrons. The van der Waals surface area contributed by atoms with Gasteiger partial charge in [0.05, 0.1) is 0 Å². The predicted molar refractivity (Wildman–Crippen MR) is 69.5 cm³/mol. The lowest BCUT2D eigenvalue weighted by molar-refractivity contribution is -0.172. The van der Waals surface area contributed by atoms with Crippen molar-refractivity contribution in [1.82, 2.24) is 0 Å².